The summed E-state index contributed by atoms with van der Waals surface area (Å²) in [6, 6.07) is 0.877. The van der Waals surface area contributed by atoms with Crippen molar-refractivity contribution in [3.63, 3.8) is 0 Å². The molecule has 0 atom stereocenters. The maximum absolute atomic E-state index is 2.39. The van der Waals surface area contributed by atoms with Crippen LogP contribution >= 0.6 is 0 Å². The fourth-order valence-corrected chi connectivity index (χ4v) is 3.24. The van der Waals surface area contributed by atoms with E-state index in [1.807, 2.05) is 0 Å². The van der Waals surface area contributed by atoms with Crippen LogP contribution < -0.4 is 12.4 Å². The van der Waals surface area contributed by atoms with Gasteiger partial charge in [-0.3, -0.25) is 0 Å². The number of halogens is 1. The molecule has 0 aromatic carbocycles. The minimum absolute atomic E-state index is 0. The third kappa shape index (κ3) is 15.2. The first kappa shape index (κ1) is 24.5. The molecule has 0 aliphatic carbocycles. The van der Waals surface area contributed by atoms with E-state index in [-0.39, 0.29) is 12.4 Å². The van der Waals surface area contributed by atoms with E-state index in [0.29, 0.717) is 0 Å². The molecule has 0 rings (SSSR count). The van der Waals surface area contributed by atoms with E-state index in [2.05, 4.69) is 35.0 Å². The predicted octanol–water partition coefficient (Wildman–Crippen LogP) is 3.57. The molecule has 0 amide bonds. The van der Waals surface area contributed by atoms with Crippen LogP contribution in [0.3, 0.4) is 0 Å². The van der Waals surface area contributed by atoms with Gasteiger partial charge in [-0.05, 0) is 25.7 Å². The number of hydrogen-bond donors (Lipinski definition) is 0. The van der Waals surface area contributed by atoms with Crippen LogP contribution in [0.4, 0.5) is 0 Å². The molecule has 136 valence electrons. The van der Waals surface area contributed by atoms with Gasteiger partial charge in [-0.15, -0.1) is 0 Å². The van der Waals surface area contributed by atoms with Crippen LogP contribution in [0, 0.1) is 0 Å². The zero-order valence-electron chi connectivity index (χ0n) is 16.3. The largest absolute Gasteiger partial charge is 1.00 e. The normalized spacial score (nSPS) is 11.7. The van der Waals surface area contributed by atoms with Crippen LogP contribution in [0.2, 0.25) is 0 Å². The van der Waals surface area contributed by atoms with Crippen LogP contribution in [0.5, 0.6) is 0 Å². The Kier molecular flexibility index (Phi) is 18.0. The molecule has 0 aliphatic heterocycles. The van der Waals surface area contributed by atoms with Gasteiger partial charge in [0.25, 0.3) is 0 Å². The molecule has 0 aromatic heterocycles. The second-order valence-electron chi connectivity index (χ2n) is 7.88. The number of rotatable bonds is 15. The Morgan fingerprint density at radius 1 is 0.545 bits per heavy atom. The summed E-state index contributed by atoms with van der Waals surface area (Å²) >= 11 is 0. The Bertz CT molecular complexity index is 194. The van der Waals surface area contributed by atoms with E-state index in [1.165, 1.54) is 89.9 Å². The highest BCUT2D eigenvalue weighted by atomic mass is 35.5. The van der Waals surface area contributed by atoms with Gasteiger partial charge in [0.05, 0.1) is 27.2 Å². The van der Waals surface area contributed by atoms with Gasteiger partial charge < -0.3 is 16.9 Å². The minimum atomic E-state index is 0. The zero-order valence-corrected chi connectivity index (χ0v) is 17.1. The van der Waals surface area contributed by atoms with Gasteiger partial charge in [-0.25, -0.2) is 0 Å². The van der Waals surface area contributed by atoms with Gasteiger partial charge in [-0.2, -0.15) is 0 Å². The lowest BCUT2D eigenvalue weighted by molar-refractivity contribution is -0.896. The Hall–Kier alpha value is 0.250. The lowest BCUT2D eigenvalue weighted by atomic mass is 9.98. The van der Waals surface area contributed by atoms with E-state index in [4.69, 9.17) is 0 Å². The van der Waals surface area contributed by atoms with Crippen LogP contribution in [-0.4, -0.2) is 31.7 Å². The molecule has 0 saturated heterocycles. The van der Waals surface area contributed by atoms with Crippen molar-refractivity contribution in [2.45, 2.75) is 110 Å². The molecule has 0 radical (unpaired) electrons. The van der Waals surface area contributed by atoms with E-state index in [9.17, 15) is 0 Å². The van der Waals surface area contributed by atoms with Gasteiger partial charge in [0.15, 0.2) is 0 Å². The molecule has 0 bridgehead atoms. The molecular weight excluding hydrogens is 290 g/mol. The van der Waals surface area contributed by atoms with E-state index < -0.39 is 0 Å². The van der Waals surface area contributed by atoms with E-state index in [0.717, 1.165) is 10.5 Å². The quantitative estimate of drug-likeness (QED) is 0.317. The number of unbranched alkanes of at least 4 members (excludes halogenated alkanes) is 10. The molecule has 0 fully saturated rings. The van der Waals surface area contributed by atoms with Crippen molar-refractivity contribution in [1.29, 1.82) is 0 Å². The van der Waals surface area contributed by atoms with Gasteiger partial charge in [0.1, 0.15) is 0 Å². The average molecular weight is 334 g/mol. The van der Waals surface area contributed by atoms with Crippen molar-refractivity contribution >= 4 is 0 Å². The summed E-state index contributed by atoms with van der Waals surface area (Å²) in [6.45, 7) is 4.60. The molecule has 1 nitrogen and oxygen atoms in total. The zero-order chi connectivity index (χ0) is 16.0. The van der Waals surface area contributed by atoms with Crippen molar-refractivity contribution in [3.05, 3.63) is 0 Å². The van der Waals surface area contributed by atoms with Crippen LogP contribution in [0.25, 0.3) is 0 Å². The molecule has 0 saturated carbocycles. The van der Waals surface area contributed by atoms with E-state index in [1.54, 1.807) is 0 Å². The van der Waals surface area contributed by atoms with Crippen LogP contribution in [0.1, 0.15) is 104 Å². The Morgan fingerprint density at radius 3 is 1.18 bits per heavy atom. The molecule has 0 aromatic rings. The average Bonchev–Trinajstić information content (AvgIpc) is 2.42. The summed E-state index contributed by atoms with van der Waals surface area (Å²) in [6.07, 6.45) is 20.0. The van der Waals surface area contributed by atoms with Crippen molar-refractivity contribution in [1.82, 2.24) is 0 Å². The van der Waals surface area contributed by atoms with Crippen molar-refractivity contribution in [2.75, 3.05) is 21.1 Å². The number of hydrogen-bond acceptors (Lipinski definition) is 0. The first-order chi connectivity index (χ1) is 10.0. The molecule has 0 aliphatic rings. The first-order valence-electron chi connectivity index (χ1n) is 9.83. The van der Waals surface area contributed by atoms with Gasteiger partial charge in [0, 0.05) is 0 Å². The standard InChI is InChI=1S/C20H44N.ClH/c1-6-8-10-12-14-16-18-20(21(3,4)5)19-17-15-13-11-9-7-2;/h20H,6-19H2,1-5H3;1H/q+1;/p-1. The third-order valence-corrected chi connectivity index (χ3v) is 4.88. The summed E-state index contributed by atoms with van der Waals surface area (Å²) in [5.74, 6) is 0. The van der Waals surface area contributed by atoms with Crippen LogP contribution in [-0.2, 0) is 0 Å². The molecule has 22 heavy (non-hydrogen) atoms. The maximum atomic E-state index is 2.39. The smallest absolute Gasteiger partial charge is 0.0884 e. The minimum Gasteiger partial charge on any atom is -1.00 e. The van der Waals surface area contributed by atoms with Gasteiger partial charge in [-0.1, -0.05) is 78.1 Å². The Morgan fingerprint density at radius 2 is 0.864 bits per heavy atom. The predicted molar refractivity (Wildman–Crippen MR) is 97.8 cm³/mol. The molecule has 2 heteroatoms. The van der Waals surface area contributed by atoms with Gasteiger partial charge >= 0.3 is 0 Å². The summed E-state index contributed by atoms with van der Waals surface area (Å²) in [5.41, 5.74) is 0. The second kappa shape index (κ2) is 16.1. The molecule has 0 heterocycles. The summed E-state index contributed by atoms with van der Waals surface area (Å²) in [5, 5.41) is 0. The number of nitrogens with zero attached hydrogens (tertiary/aromatic N) is 1. The maximum Gasteiger partial charge on any atom is 0.0884 e. The topological polar surface area (TPSA) is 0 Å². The SMILES string of the molecule is CCCCCCCCC(CCCCCCCC)[N+](C)(C)C.[Cl-]. The fraction of sp³-hybridized carbons (Fsp3) is 1.00. The number of quaternary nitrogens is 1. The van der Waals surface area contributed by atoms with E-state index >= 15 is 0 Å². The molecule has 0 N–H and O–H groups in total. The molecule has 0 unspecified atom stereocenters. The van der Waals surface area contributed by atoms with Crippen molar-refractivity contribution < 1.29 is 16.9 Å². The first-order valence-corrected chi connectivity index (χ1v) is 9.83. The molecule has 0 spiro atoms. The highest BCUT2D eigenvalue weighted by molar-refractivity contribution is 4.60. The monoisotopic (exact) mass is 333 g/mol. The van der Waals surface area contributed by atoms with Crippen molar-refractivity contribution in [3.8, 4) is 0 Å². The van der Waals surface area contributed by atoms with Crippen LogP contribution in [0.15, 0.2) is 0 Å². The fourth-order valence-electron chi connectivity index (χ4n) is 3.24. The third-order valence-electron chi connectivity index (χ3n) is 4.88. The molecular formula is C20H44ClN. The highest BCUT2D eigenvalue weighted by Gasteiger charge is 2.22. The second-order valence-corrected chi connectivity index (χ2v) is 7.88. The summed E-state index contributed by atoms with van der Waals surface area (Å²) in [4.78, 5) is 0. The van der Waals surface area contributed by atoms with Crippen molar-refractivity contribution in [2.24, 2.45) is 0 Å². The van der Waals surface area contributed by atoms with Gasteiger partial charge in [0.2, 0.25) is 0 Å². The Balaban J connectivity index is 0. The summed E-state index contributed by atoms with van der Waals surface area (Å²) in [7, 11) is 7.16. The lowest BCUT2D eigenvalue weighted by Crippen LogP contribution is -3.00. The Labute approximate surface area is 148 Å². The summed E-state index contributed by atoms with van der Waals surface area (Å²) < 4.78 is 1.16. The highest BCUT2D eigenvalue weighted by Crippen LogP contribution is 2.20. The lowest BCUT2D eigenvalue weighted by Gasteiger charge is -2.34.